The molecule has 0 aliphatic carbocycles. The quantitative estimate of drug-likeness (QED) is 0.750. The van der Waals surface area contributed by atoms with E-state index >= 15 is 0 Å². The summed E-state index contributed by atoms with van der Waals surface area (Å²) < 4.78 is 25.1. The number of nitrogens with one attached hydrogen (secondary N) is 2. The number of piperazine rings is 1. The maximum atomic E-state index is 12.6. The Bertz CT molecular complexity index is 722. The third-order valence-corrected chi connectivity index (χ3v) is 5.38. The van der Waals surface area contributed by atoms with Crippen LogP contribution >= 0.6 is 12.4 Å². The molecule has 1 atom stereocenters. The van der Waals surface area contributed by atoms with Crippen molar-refractivity contribution in [2.24, 2.45) is 0 Å². The summed E-state index contributed by atoms with van der Waals surface area (Å²) in [7, 11) is -3.31. The number of amides is 1. The SMILES string of the molecule is CS(=O)(=O)Nc1cccc(CC(=O)N2CCC(N3CCNCC3)C2)c1.Cl. The van der Waals surface area contributed by atoms with Gasteiger partial charge < -0.3 is 10.2 Å². The van der Waals surface area contributed by atoms with Crippen molar-refractivity contribution in [3.63, 3.8) is 0 Å². The van der Waals surface area contributed by atoms with E-state index in [1.807, 2.05) is 11.0 Å². The Kier molecular flexibility index (Phi) is 7.28. The monoisotopic (exact) mass is 402 g/mol. The first-order valence-corrected chi connectivity index (χ1v) is 10.6. The Morgan fingerprint density at radius 3 is 2.69 bits per heavy atom. The lowest BCUT2D eigenvalue weighted by atomic mass is 10.1. The molecule has 2 aliphatic rings. The van der Waals surface area contributed by atoms with Gasteiger partial charge in [0.2, 0.25) is 15.9 Å². The van der Waals surface area contributed by atoms with Gasteiger partial charge in [-0.2, -0.15) is 0 Å². The summed E-state index contributed by atoms with van der Waals surface area (Å²) in [6, 6.07) is 7.50. The van der Waals surface area contributed by atoms with E-state index in [0.29, 0.717) is 18.2 Å². The first-order chi connectivity index (χ1) is 11.9. The molecule has 2 fully saturated rings. The largest absolute Gasteiger partial charge is 0.341 e. The van der Waals surface area contributed by atoms with E-state index in [4.69, 9.17) is 0 Å². The number of halogens is 1. The smallest absolute Gasteiger partial charge is 0.229 e. The summed E-state index contributed by atoms with van der Waals surface area (Å²) >= 11 is 0. The molecule has 1 aromatic rings. The highest BCUT2D eigenvalue weighted by Gasteiger charge is 2.30. The second-order valence-electron chi connectivity index (χ2n) is 6.82. The number of nitrogens with zero attached hydrogens (tertiary/aromatic N) is 2. The molecule has 0 bridgehead atoms. The van der Waals surface area contributed by atoms with E-state index in [2.05, 4.69) is 14.9 Å². The van der Waals surface area contributed by atoms with Crippen molar-refractivity contribution in [1.82, 2.24) is 15.1 Å². The summed E-state index contributed by atoms with van der Waals surface area (Å²) in [4.78, 5) is 17.0. The number of rotatable bonds is 5. The highest BCUT2D eigenvalue weighted by molar-refractivity contribution is 7.92. The van der Waals surface area contributed by atoms with Crippen LogP contribution in [0, 0.1) is 0 Å². The van der Waals surface area contributed by atoms with Crippen LogP contribution in [-0.2, 0) is 21.2 Å². The summed E-state index contributed by atoms with van der Waals surface area (Å²) in [6.07, 6.45) is 2.44. The zero-order chi connectivity index (χ0) is 17.9. The first-order valence-electron chi connectivity index (χ1n) is 8.70. The number of likely N-dealkylation sites (tertiary alicyclic amines) is 1. The molecular formula is C17H27ClN4O3S. The molecule has 0 spiro atoms. The second kappa shape index (κ2) is 9.03. The van der Waals surface area contributed by atoms with Crippen molar-refractivity contribution in [1.29, 1.82) is 0 Å². The van der Waals surface area contributed by atoms with Gasteiger partial charge in [-0.25, -0.2) is 8.42 Å². The van der Waals surface area contributed by atoms with Gasteiger partial charge in [0.25, 0.3) is 0 Å². The maximum Gasteiger partial charge on any atom is 0.229 e. The number of benzene rings is 1. The van der Waals surface area contributed by atoms with E-state index in [-0.39, 0.29) is 18.3 Å². The molecule has 1 amide bonds. The van der Waals surface area contributed by atoms with Gasteiger partial charge in [0.1, 0.15) is 0 Å². The van der Waals surface area contributed by atoms with E-state index in [1.165, 1.54) is 0 Å². The summed E-state index contributed by atoms with van der Waals surface area (Å²) in [5.41, 5.74) is 1.32. The Morgan fingerprint density at radius 2 is 2.00 bits per heavy atom. The zero-order valence-corrected chi connectivity index (χ0v) is 16.6. The topological polar surface area (TPSA) is 81.8 Å². The number of anilines is 1. The predicted molar refractivity (Wildman–Crippen MR) is 105 cm³/mol. The van der Waals surface area contributed by atoms with Gasteiger partial charge >= 0.3 is 0 Å². The fourth-order valence-electron chi connectivity index (χ4n) is 3.56. The second-order valence-corrected chi connectivity index (χ2v) is 8.57. The first kappa shape index (κ1) is 21.0. The average molecular weight is 403 g/mol. The van der Waals surface area contributed by atoms with Gasteiger partial charge in [-0.3, -0.25) is 14.4 Å². The molecule has 1 aromatic carbocycles. The van der Waals surface area contributed by atoms with Crippen molar-refractivity contribution >= 4 is 34.0 Å². The molecule has 2 N–H and O–H groups in total. The minimum Gasteiger partial charge on any atom is -0.341 e. The van der Waals surface area contributed by atoms with Crippen LogP contribution in [0.1, 0.15) is 12.0 Å². The van der Waals surface area contributed by atoms with Crippen molar-refractivity contribution in [3.8, 4) is 0 Å². The van der Waals surface area contributed by atoms with Crippen molar-refractivity contribution in [3.05, 3.63) is 29.8 Å². The highest BCUT2D eigenvalue weighted by Crippen LogP contribution is 2.18. The number of hydrogen-bond acceptors (Lipinski definition) is 5. The molecule has 2 aliphatic heterocycles. The summed E-state index contributed by atoms with van der Waals surface area (Å²) in [5, 5.41) is 3.36. The van der Waals surface area contributed by atoms with E-state index < -0.39 is 10.0 Å². The molecule has 146 valence electrons. The minimum absolute atomic E-state index is 0. The van der Waals surface area contributed by atoms with E-state index in [0.717, 1.165) is 57.5 Å². The van der Waals surface area contributed by atoms with Crippen molar-refractivity contribution in [2.45, 2.75) is 18.9 Å². The standard InChI is InChI=1S/C17H26N4O3S.ClH/c1-25(23,24)19-15-4-2-3-14(11-15)12-17(22)21-8-5-16(13-21)20-9-6-18-7-10-20;/h2-4,11,16,18-19H,5-10,12-13H2,1H3;1H. The van der Waals surface area contributed by atoms with Crippen LogP contribution in [0.2, 0.25) is 0 Å². The lowest BCUT2D eigenvalue weighted by molar-refractivity contribution is -0.129. The minimum atomic E-state index is -3.31. The Morgan fingerprint density at radius 1 is 1.27 bits per heavy atom. The van der Waals surface area contributed by atoms with Gasteiger partial charge in [0.15, 0.2) is 0 Å². The zero-order valence-electron chi connectivity index (χ0n) is 15.0. The van der Waals surface area contributed by atoms with Crippen LogP contribution in [0.5, 0.6) is 0 Å². The molecule has 0 saturated carbocycles. The van der Waals surface area contributed by atoms with Gasteiger partial charge in [-0.1, -0.05) is 12.1 Å². The molecule has 26 heavy (non-hydrogen) atoms. The number of sulfonamides is 1. The molecule has 1 unspecified atom stereocenters. The Labute approximate surface area is 161 Å². The highest BCUT2D eigenvalue weighted by atomic mass is 35.5. The fraction of sp³-hybridized carbons (Fsp3) is 0.588. The van der Waals surface area contributed by atoms with Crippen LogP contribution < -0.4 is 10.0 Å². The molecule has 2 saturated heterocycles. The van der Waals surface area contributed by atoms with Gasteiger partial charge in [-0.05, 0) is 24.1 Å². The molecule has 0 aromatic heterocycles. The third-order valence-electron chi connectivity index (χ3n) is 4.77. The van der Waals surface area contributed by atoms with Crippen LogP contribution in [0.4, 0.5) is 5.69 Å². The Balaban J connectivity index is 0.00000243. The summed E-state index contributed by atoms with van der Waals surface area (Å²) in [6.45, 7) is 5.72. The molecule has 2 heterocycles. The number of hydrogen-bond donors (Lipinski definition) is 2. The van der Waals surface area contributed by atoms with Crippen molar-refractivity contribution < 1.29 is 13.2 Å². The predicted octanol–water partition coefficient (Wildman–Crippen LogP) is 0.529. The summed E-state index contributed by atoms with van der Waals surface area (Å²) in [5.74, 6) is 0.106. The van der Waals surface area contributed by atoms with E-state index in [1.54, 1.807) is 18.2 Å². The van der Waals surface area contributed by atoms with E-state index in [9.17, 15) is 13.2 Å². The number of carbonyl (C=O) groups is 1. The molecular weight excluding hydrogens is 376 g/mol. The number of carbonyl (C=O) groups excluding carboxylic acids is 1. The van der Waals surface area contributed by atoms with Crippen LogP contribution in [0.15, 0.2) is 24.3 Å². The van der Waals surface area contributed by atoms with Gasteiger partial charge in [-0.15, -0.1) is 12.4 Å². The van der Waals surface area contributed by atoms with Crippen LogP contribution in [0.25, 0.3) is 0 Å². The normalized spacial score (nSPS) is 21.3. The fourth-order valence-corrected chi connectivity index (χ4v) is 4.11. The molecule has 9 heteroatoms. The van der Waals surface area contributed by atoms with Crippen LogP contribution in [-0.4, -0.2) is 75.7 Å². The van der Waals surface area contributed by atoms with Crippen LogP contribution in [0.3, 0.4) is 0 Å². The molecule has 7 nitrogen and oxygen atoms in total. The van der Waals surface area contributed by atoms with Gasteiger partial charge in [0.05, 0.1) is 12.7 Å². The average Bonchev–Trinajstić information content (AvgIpc) is 3.04. The lowest BCUT2D eigenvalue weighted by Gasteiger charge is -2.32. The molecule has 0 radical (unpaired) electrons. The van der Waals surface area contributed by atoms with Crippen molar-refractivity contribution in [2.75, 3.05) is 50.2 Å². The Hall–Kier alpha value is -1.35. The lowest BCUT2D eigenvalue weighted by Crippen LogP contribution is -2.49. The third kappa shape index (κ3) is 5.84. The van der Waals surface area contributed by atoms with Gasteiger partial charge in [0, 0.05) is 51.0 Å². The maximum absolute atomic E-state index is 12.6. The molecule has 3 rings (SSSR count).